The van der Waals surface area contributed by atoms with Crippen molar-refractivity contribution in [3.05, 3.63) is 77.9 Å². The van der Waals surface area contributed by atoms with Crippen LogP contribution < -0.4 is 10.2 Å². The Hall–Kier alpha value is -3.81. The van der Waals surface area contributed by atoms with E-state index < -0.39 is 11.9 Å². The van der Waals surface area contributed by atoms with Crippen LogP contribution in [0.25, 0.3) is 0 Å². The maximum atomic E-state index is 12.7. The van der Waals surface area contributed by atoms with Crippen LogP contribution in [0.15, 0.2) is 61.1 Å². The Kier molecular flexibility index (Phi) is 6.47. The molecule has 0 atom stereocenters. The molecular weight excluding hydrogens is 370 g/mol. The summed E-state index contributed by atoms with van der Waals surface area (Å²) >= 11 is 0. The zero-order valence-corrected chi connectivity index (χ0v) is 16.2. The Labute approximate surface area is 168 Å². The van der Waals surface area contributed by atoms with Gasteiger partial charge in [-0.25, -0.2) is 14.8 Å². The van der Waals surface area contributed by atoms with E-state index in [4.69, 9.17) is 4.74 Å². The molecule has 1 aromatic carbocycles. The predicted molar refractivity (Wildman–Crippen MR) is 109 cm³/mol. The van der Waals surface area contributed by atoms with Gasteiger partial charge < -0.3 is 15.0 Å². The first kappa shape index (κ1) is 19.9. The molecule has 1 N–H and O–H groups in total. The van der Waals surface area contributed by atoms with Gasteiger partial charge >= 0.3 is 5.97 Å². The third-order valence-electron chi connectivity index (χ3n) is 4.28. The monoisotopic (exact) mass is 391 g/mol. The molecule has 0 aliphatic rings. The van der Waals surface area contributed by atoms with Crippen molar-refractivity contribution >= 4 is 23.5 Å². The molecule has 0 bridgehead atoms. The number of aromatic nitrogens is 3. The van der Waals surface area contributed by atoms with E-state index in [-0.39, 0.29) is 11.3 Å². The van der Waals surface area contributed by atoms with Gasteiger partial charge in [-0.2, -0.15) is 0 Å². The number of esters is 1. The average Bonchev–Trinajstić information content (AvgIpc) is 2.78. The molecule has 2 heterocycles. The number of likely N-dealkylation sites (N-methyl/N-ethyl adjacent to an activating group) is 1. The van der Waals surface area contributed by atoms with E-state index in [1.165, 1.54) is 19.4 Å². The summed E-state index contributed by atoms with van der Waals surface area (Å²) in [5.41, 5.74) is 1.98. The maximum absolute atomic E-state index is 12.7. The molecule has 0 fully saturated rings. The second kappa shape index (κ2) is 9.41. The van der Waals surface area contributed by atoms with E-state index in [1.807, 2.05) is 24.1 Å². The highest BCUT2D eigenvalue weighted by molar-refractivity contribution is 6.07. The van der Waals surface area contributed by atoms with E-state index in [9.17, 15) is 9.59 Å². The number of ether oxygens (including phenoxy) is 1. The number of methoxy groups -OCH3 is 1. The summed E-state index contributed by atoms with van der Waals surface area (Å²) in [6, 6.07) is 12.1. The molecule has 29 heavy (non-hydrogen) atoms. The van der Waals surface area contributed by atoms with Gasteiger partial charge in [0.25, 0.3) is 5.91 Å². The fourth-order valence-electron chi connectivity index (χ4n) is 2.67. The third kappa shape index (κ3) is 5.13. The van der Waals surface area contributed by atoms with E-state index in [2.05, 4.69) is 20.3 Å². The van der Waals surface area contributed by atoms with Crippen LogP contribution >= 0.6 is 0 Å². The van der Waals surface area contributed by atoms with Crippen LogP contribution in [-0.4, -0.2) is 47.5 Å². The second-order valence-corrected chi connectivity index (χ2v) is 6.26. The summed E-state index contributed by atoms with van der Waals surface area (Å²) in [4.78, 5) is 39.0. The number of rotatable bonds is 7. The third-order valence-corrected chi connectivity index (χ3v) is 4.28. The van der Waals surface area contributed by atoms with Gasteiger partial charge in [0.15, 0.2) is 0 Å². The Morgan fingerprint density at radius 1 is 1.07 bits per heavy atom. The first-order valence-corrected chi connectivity index (χ1v) is 9.00. The van der Waals surface area contributed by atoms with E-state index in [0.29, 0.717) is 18.2 Å². The largest absolute Gasteiger partial charge is 0.465 e. The van der Waals surface area contributed by atoms with Crippen molar-refractivity contribution in [2.75, 3.05) is 30.9 Å². The molecule has 0 aliphatic carbocycles. The quantitative estimate of drug-likeness (QED) is 0.618. The normalized spacial score (nSPS) is 10.3. The van der Waals surface area contributed by atoms with Crippen molar-refractivity contribution in [3.8, 4) is 0 Å². The highest BCUT2D eigenvalue weighted by Crippen LogP contribution is 2.17. The zero-order valence-electron chi connectivity index (χ0n) is 16.2. The van der Waals surface area contributed by atoms with Crippen LogP contribution in [0, 0.1) is 0 Å². The van der Waals surface area contributed by atoms with Gasteiger partial charge in [0.1, 0.15) is 5.69 Å². The zero-order chi connectivity index (χ0) is 20.6. The number of nitrogens with one attached hydrogen (secondary N) is 1. The van der Waals surface area contributed by atoms with Crippen molar-refractivity contribution in [1.82, 2.24) is 15.0 Å². The molecule has 3 aromatic rings. The number of benzene rings is 1. The fourth-order valence-corrected chi connectivity index (χ4v) is 2.67. The minimum Gasteiger partial charge on any atom is -0.465 e. The summed E-state index contributed by atoms with van der Waals surface area (Å²) in [6.45, 7) is 0.681. The van der Waals surface area contributed by atoms with E-state index in [0.717, 1.165) is 12.0 Å². The van der Waals surface area contributed by atoms with Gasteiger partial charge in [0.2, 0.25) is 5.95 Å². The number of nitrogens with zero attached hydrogens (tertiary/aromatic N) is 4. The Morgan fingerprint density at radius 3 is 2.59 bits per heavy atom. The molecule has 2 aromatic heterocycles. The molecular formula is C21H21N5O3. The molecule has 148 valence electrons. The predicted octanol–water partition coefficient (Wildman–Crippen LogP) is 2.59. The van der Waals surface area contributed by atoms with E-state index in [1.54, 1.807) is 36.7 Å². The van der Waals surface area contributed by atoms with Crippen LogP contribution in [-0.2, 0) is 11.2 Å². The number of pyridine rings is 1. The molecule has 0 unspecified atom stereocenters. The van der Waals surface area contributed by atoms with Crippen LogP contribution in [0.2, 0.25) is 0 Å². The summed E-state index contributed by atoms with van der Waals surface area (Å²) in [5.74, 6) is -0.527. The molecule has 8 nitrogen and oxygen atoms in total. The lowest BCUT2D eigenvalue weighted by atomic mass is 10.1. The smallest absolute Gasteiger partial charge is 0.339 e. The summed E-state index contributed by atoms with van der Waals surface area (Å²) in [5, 5.41) is 2.71. The van der Waals surface area contributed by atoms with Crippen LogP contribution in [0.5, 0.6) is 0 Å². The first-order chi connectivity index (χ1) is 14.1. The molecule has 0 saturated carbocycles. The Balaban J connectivity index is 1.70. The Bertz CT molecular complexity index is 994. The van der Waals surface area contributed by atoms with Crippen molar-refractivity contribution in [2.45, 2.75) is 6.42 Å². The van der Waals surface area contributed by atoms with Crippen molar-refractivity contribution in [1.29, 1.82) is 0 Å². The van der Waals surface area contributed by atoms with Crippen molar-refractivity contribution in [3.63, 3.8) is 0 Å². The van der Waals surface area contributed by atoms with Crippen LogP contribution in [0.4, 0.5) is 11.6 Å². The van der Waals surface area contributed by atoms with Crippen molar-refractivity contribution < 1.29 is 14.3 Å². The van der Waals surface area contributed by atoms with Crippen LogP contribution in [0.3, 0.4) is 0 Å². The first-order valence-electron chi connectivity index (χ1n) is 9.00. The summed E-state index contributed by atoms with van der Waals surface area (Å²) < 4.78 is 4.75. The number of hydrogen-bond acceptors (Lipinski definition) is 7. The summed E-state index contributed by atoms with van der Waals surface area (Å²) in [6.07, 6.45) is 5.84. The van der Waals surface area contributed by atoms with Gasteiger partial charge in [0, 0.05) is 32.2 Å². The van der Waals surface area contributed by atoms with Gasteiger partial charge in [-0.1, -0.05) is 12.1 Å². The number of carbonyl (C=O) groups is 2. The molecule has 8 heteroatoms. The lowest BCUT2D eigenvalue weighted by molar-refractivity contribution is 0.0602. The molecule has 3 rings (SSSR count). The number of amides is 1. The number of hydrogen-bond donors (Lipinski definition) is 1. The number of anilines is 2. The standard InChI is InChI=1S/C21H21N5O3/c1-26(14-10-15-7-11-22-12-8-15)21-23-13-9-18(25-21)19(27)24-17-6-4-3-5-16(17)20(28)29-2/h3-9,11-13H,10,14H2,1-2H3,(H,24,27). The average molecular weight is 391 g/mol. The highest BCUT2D eigenvalue weighted by Gasteiger charge is 2.16. The Morgan fingerprint density at radius 2 is 1.83 bits per heavy atom. The van der Waals surface area contributed by atoms with Crippen LogP contribution in [0.1, 0.15) is 26.4 Å². The maximum Gasteiger partial charge on any atom is 0.339 e. The molecule has 0 saturated heterocycles. The minimum atomic E-state index is -0.528. The number of carbonyl (C=O) groups excluding carboxylic acids is 2. The molecule has 1 amide bonds. The topological polar surface area (TPSA) is 97.3 Å². The van der Waals surface area contributed by atoms with Gasteiger partial charge in [0.05, 0.1) is 18.4 Å². The van der Waals surface area contributed by atoms with Gasteiger partial charge in [-0.05, 0) is 42.3 Å². The van der Waals surface area contributed by atoms with Gasteiger partial charge in [-0.3, -0.25) is 9.78 Å². The fraction of sp³-hybridized carbons (Fsp3) is 0.190. The van der Waals surface area contributed by atoms with Gasteiger partial charge in [-0.15, -0.1) is 0 Å². The highest BCUT2D eigenvalue weighted by atomic mass is 16.5. The lowest BCUT2D eigenvalue weighted by Crippen LogP contribution is -2.24. The second-order valence-electron chi connectivity index (χ2n) is 6.26. The van der Waals surface area contributed by atoms with Crippen molar-refractivity contribution in [2.24, 2.45) is 0 Å². The van der Waals surface area contributed by atoms with E-state index >= 15 is 0 Å². The molecule has 0 spiro atoms. The number of para-hydroxylation sites is 1. The molecule has 0 aliphatic heterocycles. The minimum absolute atomic E-state index is 0.199. The summed E-state index contributed by atoms with van der Waals surface area (Å²) in [7, 11) is 3.16. The molecule has 0 radical (unpaired) electrons. The lowest BCUT2D eigenvalue weighted by Gasteiger charge is -2.17. The SMILES string of the molecule is COC(=O)c1ccccc1NC(=O)c1ccnc(N(C)CCc2ccncc2)n1.